The first-order valence-electron chi connectivity index (χ1n) is 6.72. The maximum absolute atomic E-state index is 12.0. The lowest BCUT2D eigenvalue weighted by Crippen LogP contribution is -2.43. The average molecular weight is 321 g/mol. The van der Waals surface area contributed by atoms with E-state index in [9.17, 15) is 18.3 Å². The van der Waals surface area contributed by atoms with E-state index in [1.807, 2.05) is 11.8 Å². The SMILES string of the molecule is OC1(CNCc2ccc(OC(F)(F)F)cc2)CCSCC1. The van der Waals surface area contributed by atoms with Gasteiger partial charge in [0.2, 0.25) is 0 Å². The molecule has 1 saturated heterocycles. The van der Waals surface area contributed by atoms with Gasteiger partial charge in [-0.15, -0.1) is 13.2 Å². The largest absolute Gasteiger partial charge is 0.573 e. The van der Waals surface area contributed by atoms with Crippen LogP contribution in [0.15, 0.2) is 24.3 Å². The fourth-order valence-electron chi connectivity index (χ4n) is 2.18. The second-order valence-electron chi connectivity index (χ2n) is 5.13. The third-order valence-corrected chi connectivity index (χ3v) is 4.35. The van der Waals surface area contributed by atoms with Crippen molar-refractivity contribution < 1.29 is 23.0 Å². The van der Waals surface area contributed by atoms with Gasteiger partial charge in [-0.3, -0.25) is 0 Å². The number of nitrogens with one attached hydrogen (secondary N) is 1. The first kappa shape index (κ1) is 16.5. The van der Waals surface area contributed by atoms with Crippen molar-refractivity contribution in [2.45, 2.75) is 31.3 Å². The molecule has 1 fully saturated rings. The minimum Gasteiger partial charge on any atom is -0.406 e. The molecule has 118 valence electrons. The Morgan fingerprint density at radius 3 is 2.38 bits per heavy atom. The summed E-state index contributed by atoms with van der Waals surface area (Å²) in [5, 5.41) is 13.5. The number of halogens is 3. The molecule has 0 bridgehead atoms. The summed E-state index contributed by atoms with van der Waals surface area (Å²) in [7, 11) is 0. The third-order valence-electron chi connectivity index (χ3n) is 3.36. The van der Waals surface area contributed by atoms with Gasteiger partial charge < -0.3 is 15.2 Å². The molecule has 0 atom stereocenters. The molecule has 1 aromatic rings. The van der Waals surface area contributed by atoms with Crippen molar-refractivity contribution in [3.8, 4) is 5.75 Å². The molecule has 1 aliphatic heterocycles. The second kappa shape index (κ2) is 6.89. The zero-order chi connectivity index (χ0) is 15.3. The van der Waals surface area contributed by atoms with Crippen LogP contribution in [0.25, 0.3) is 0 Å². The average Bonchev–Trinajstić information content (AvgIpc) is 2.40. The lowest BCUT2D eigenvalue weighted by atomic mass is 9.97. The summed E-state index contributed by atoms with van der Waals surface area (Å²) in [6.07, 6.45) is -3.13. The van der Waals surface area contributed by atoms with E-state index < -0.39 is 12.0 Å². The van der Waals surface area contributed by atoms with E-state index in [-0.39, 0.29) is 5.75 Å². The Morgan fingerprint density at radius 1 is 1.19 bits per heavy atom. The molecule has 0 radical (unpaired) electrons. The first-order valence-corrected chi connectivity index (χ1v) is 7.87. The predicted octanol–water partition coefficient (Wildman–Crippen LogP) is 2.93. The molecule has 0 spiro atoms. The topological polar surface area (TPSA) is 41.5 Å². The van der Waals surface area contributed by atoms with Crippen LogP contribution in [0.3, 0.4) is 0 Å². The summed E-state index contributed by atoms with van der Waals surface area (Å²) >= 11 is 1.84. The minimum absolute atomic E-state index is 0.228. The summed E-state index contributed by atoms with van der Waals surface area (Å²) in [4.78, 5) is 0. The molecule has 0 amide bonds. The van der Waals surface area contributed by atoms with Crippen LogP contribution in [0, 0.1) is 0 Å². The fourth-order valence-corrected chi connectivity index (χ4v) is 3.43. The van der Waals surface area contributed by atoms with Crippen LogP contribution in [-0.2, 0) is 6.54 Å². The summed E-state index contributed by atoms with van der Waals surface area (Å²) < 4.78 is 39.9. The molecule has 3 nitrogen and oxygen atoms in total. The summed E-state index contributed by atoms with van der Waals surface area (Å²) in [5.74, 6) is 1.69. The highest BCUT2D eigenvalue weighted by Gasteiger charge is 2.31. The van der Waals surface area contributed by atoms with Crippen molar-refractivity contribution in [1.29, 1.82) is 0 Å². The highest BCUT2D eigenvalue weighted by molar-refractivity contribution is 7.99. The first-order chi connectivity index (χ1) is 9.86. The lowest BCUT2D eigenvalue weighted by molar-refractivity contribution is -0.274. The Hall–Kier alpha value is -0.920. The van der Waals surface area contributed by atoms with Gasteiger partial charge in [-0.05, 0) is 42.0 Å². The van der Waals surface area contributed by atoms with Crippen LogP contribution in [0.4, 0.5) is 13.2 Å². The number of alkyl halides is 3. The zero-order valence-corrected chi connectivity index (χ0v) is 12.3. The summed E-state index contributed by atoms with van der Waals surface area (Å²) in [6, 6.07) is 5.73. The van der Waals surface area contributed by atoms with E-state index in [4.69, 9.17) is 0 Å². The van der Waals surface area contributed by atoms with Crippen molar-refractivity contribution in [2.75, 3.05) is 18.1 Å². The minimum atomic E-state index is -4.66. The predicted molar refractivity (Wildman–Crippen MR) is 76.3 cm³/mol. The number of hydrogen-bond donors (Lipinski definition) is 2. The molecule has 2 rings (SSSR count). The Labute approximate surface area is 125 Å². The van der Waals surface area contributed by atoms with Gasteiger partial charge in [0.1, 0.15) is 5.75 Å². The van der Waals surface area contributed by atoms with Crippen LogP contribution in [-0.4, -0.2) is 35.1 Å². The van der Waals surface area contributed by atoms with Crippen molar-refractivity contribution in [2.24, 2.45) is 0 Å². The number of thioether (sulfide) groups is 1. The van der Waals surface area contributed by atoms with Crippen molar-refractivity contribution in [1.82, 2.24) is 5.32 Å². The molecule has 0 saturated carbocycles. The Bertz CT molecular complexity index is 445. The van der Waals surface area contributed by atoms with Gasteiger partial charge in [-0.25, -0.2) is 0 Å². The third kappa shape index (κ3) is 5.76. The van der Waals surface area contributed by atoms with Gasteiger partial charge in [0, 0.05) is 13.1 Å². The molecule has 21 heavy (non-hydrogen) atoms. The molecule has 1 aliphatic rings. The zero-order valence-electron chi connectivity index (χ0n) is 11.4. The van der Waals surface area contributed by atoms with Gasteiger partial charge in [0.15, 0.2) is 0 Å². The normalized spacial score (nSPS) is 18.5. The number of rotatable bonds is 5. The molecule has 0 aliphatic carbocycles. The quantitative estimate of drug-likeness (QED) is 0.875. The second-order valence-corrected chi connectivity index (χ2v) is 6.36. The smallest absolute Gasteiger partial charge is 0.406 e. The number of hydrogen-bond acceptors (Lipinski definition) is 4. The molecule has 7 heteroatoms. The van der Waals surface area contributed by atoms with Crippen molar-refractivity contribution in [3.63, 3.8) is 0 Å². The van der Waals surface area contributed by atoms with E-state index in [1.165, 1.54) is 12.1 Å². The molecule has 1 aromatic carbocycles. The highest BCUT2D eigenvalue weighted by atomic mass is 32.2. The van der Waals surface area contributed by atoms with E-state index >= 15 is 0 Å². The molecule has 0 aromatic heterocycles. The standard InChI is InChI=1S/C14H18F3NO2S/c15-14(16,17)20-12-3-1-11(2-4-12)9-18-10-13(19)5-7-21-8-6-13/h1-4,18-19H,5-10H2. The highest BCUT2D eigenvalue weighted by Crippen LogP contribution is 2.26. The van der Waals surface area contributed by atoms with Gasteiger partial charge >= 0.3 is 6.36 Å². The van der Waals surface area contributed by atoms with E-state index in [2.05, 4.69) is 10.1 Å². The van der Waals surface area contributed by atoms with Gasteiger partial charge in [0.25, 0.3) is 0 Å². The van der Waals surface area contributed by atoms with E-state index in [1.54, 1.807) is 12.1 Å². The summed E-state index contributed by atoms with van der Waals surface area (Å²) in [6.45, 7) is 0.996. The lowest BCUT2D eigenvalue weighted by Gasteiger charge is -2.32. The van der Waals surface area contributed by atoms with Crippen LogP contribution < -0.4 is 10.1 Å². The van der Waals surface area contributed by atoms with E-state index in [0.29, 0.717) is 13.1 Å². The number of ether oxygens (including phenoxy) is 1. The maximum atomic E-state index is 12.0. The Morgan fingerprint density at radius 2 is 1.81 bits per heavy atom. The van der Waals surface area contributed by atoms with Crippen molar-refractivity contribution in [3.05, 3.63) is 29.8 Å². The number of aliphatic hydroxyl groups is 1. The monoisotopic (exact) mass is 321 g/mol. The maximum Gasteiger partial charge on any atom is 0.573 e. The van der Waals surface area contributed by atoms with Crippen molar-refractivity contribution >= 4 is 11.8 Å². The van der Waals surface area contributed by atoms with Crippen LogP contribution in [0.2, 0.25) is 0 Å². The van der Waals surface area contributed by atoms with Gasteiger partial charge in [-0.2, -0.15) is 11.8 Å². The van der Waals surface area contributed by atoms with Gasteiger partial charge in [0.05, 0.1) is 5.60 Å². The Balaban J connectivity index is 1.78. The molecular weight excluding hydrogens is 303 g/mol. The number of benzene rings is 1. The van der Waals surface area contributed by atoms with Crippen LogP contribution >= 0.6 is 11.8 Å². The molecule has 1 heterocycles. The molecular formula is C14H18F3NO2S. The fraction of sp³-hybridized carbons (Fsp3) is 0.571. The molecule has 2 N–H and O–H groups in total. The van der Waals surface area contributed by atoms with E-state index in [0.717, 1.165) is 29.9 Å². The summed E-state index contributed by atoms with van der Waals surface area (Å²) in [5.41, 5.74) is 0.184. The van der Waals surface area contributed by atoms with Crippen LogP contribution in [0.1, 0.15) is 18.4 Å². The van der Waals surface area contributed by atoms with Crippen LogP contribution in [0.5, 0.6) is 5.75 Å². The molecule has 0 unspecified atom stereocenters. The Kier molecular flexibility index (Phi) is 5.40. The van der Waals surface area contributed by atoms with Gasteiger partial charge in [-0.1, -0.05) is 12.1 Å².